The SMILES string of the molecule is O=S(=O)(OS(=O)(=O)c1cccc2ccccc12)c1ccccc1O. The smallest absolute Gasteiger partial charge is 0.315 e. The van der Waals surface area contributed by atoms with Crippen LogP contribution in [-0.2, 0) is 23.9 Å². The van der Waals surface area contributed by atoms with Crippen LogP contribution in [0.25, 0.3) is 10.8 Å². The van der Waals surface area contributed by atoms with Crippen molar-refractivity contribution >= 4 is 31.0 Å². The van der Waals surface area contributed by atoms with Gasteiger partial charge in [0, 0.05) is 5.39 Å². The third-order valence-corrected chi connectivity index (χ3v) is 6.54. The van der Waals surface area contributed by atoms with E-state index in [0.717, 1.165) is 12.1 Å². The summed E-state index contributed by atoms with van der Waals surface area (Å²) in [4.78, 5) is -0.881. The molecule has 24 heavy (non-hydrogen) atoms. The summed E-state index contributed by atoms with van der Waals surface area (Å²) in [6, 6.07) is 16.0. The van der Waals surface area contributed by atoms with Gasteiger partial charge >= 0.3 is 20.2 Å². The standard InChI is InChI=1S/C16H12O6S2/c17-14-9-3-4-10-16(14)24(20,21)22-23(18,19)15-11-5-7-12-6-1-2-8-13(12)15/h1-11,17H. The lowest BCUT2D eigenvalue weighted by Crippen LogP contribution is -2.14. The topological polar surface area (TPSA) is 97.7 Å². The number of hydrogen-bond donors (Lipinski definition) is 1. The van der Waals surface area contributed by atoms with E-state index in [9.17, 15) is 21.9 Å². The van der Waals surface area contributed by atoms with Gasteiger partial charge < -0.3 is 5.11 Å². The number of para-hydroxylation sites is 1. The van der Waals surface area contributed by atoms with E-state index in [2.05, 4.69) is 3.63 Å². The van der Waals surface area contributed by atoms with Gasteiger partial charge in [-0.15, -0.1) is 3.63 Å². The molecule has 0 aliphatic heterocycles. The minimum Gasteiger partial charge on any atom is -0.506 e. The lowest BCUT2D eigenvalue weighted by molar-refractivity contribution is 0.440. The Morgan fingerprint density at radius 2 is 1.21 bits per heavy atom. The average molecular weight is 364 g/mol. The third-order valence-electron chi connectivity index (χ3n) is 3.33. The summed E-state index contributed by atoms with van der Waals surface area (Å²) in [5, 5.41) is 10.6. The maximum Gasteiger partial charge on any atom is 0.315 e. The van der Waals surface area contributed by atoms with Gasteiger partial charge in [-0.05, 0) is 23.6 Å². The molecule has 0 amide bonds. The zero-order valence-electron chi connectivity index (χ0n) is 12.2. The van der Waals surface area contributed by atoms with Gasteiger partial charge in [0.25, 0.3) is 0 Å². The number of phenolic OH excluding ortho intramolecular Hbond substituents is 1. The van der Waals surface area contributed by atoms with Crippen molar-refractivity contribution in [1.29, 1.82) is 0 Å². The summed E-state index contributed by atoms with van der Waals surface area (Å²) in [5.41, 5.74) is 0. The number of fused-ring (bicyclic) bond motifs is 1. The van der Waals surface area contributed by atoms with Gasteiger partial charge in [-0.25, -0.2) is 0 Å². The molecule has 3 aromatic carbocycles. The first-order valence-electron chi connectivity index (χ1n) is 6.78. The van der Waals surface area contributed by atoms with Crippen LogP contribution in [0.3, 0.4) is 0 Å². The fraction of sp³-hybridized carbons (Fsp3) is 0. The van der Waals surface area contributed by atoms with E-state index in [1.165, 1.54) is 24.3 Å². The summed E-state index contributed by atoms with van der Waals surface area (Å²) >= 11 is 0. The van der Waals surface area contributed by atoms with E-state index in [0.29, 0.717) is 10.8 Å². The van der Waals surface area contributed by atoms with Crippen molar-refractivity contribution in [2.75, 3.05) is 0 Å². The summed E-state index contributed by atoms with van der Waals surface area (Å²) in [5.74, 6) is -0.592. The highest BCUT2D eigenvalue weighted by Crippen LogP contribution is 2.29. The Hall–Kier alpha value is -2.42. The first kappa shape index (κ1) is 16.4. The van der Waals surface area contributed by atoms with Gasteiger partial charge in [0.1, 0.15) is 15.5 Å². The van der Waals surface area contributed by atoms with E-state index >= 15 is 0 Å². The molecule has 0 bridgehead atoms. The van der Waals surface area contributed by atoms with Crippen LogP contribution >= 0.6 is 0 Å². The lowest BCUT2D eigenvalue weighted by Gasteiger charge is -2.09. The summed E-state index contributed by atoms with van der Waals surface area (Å²) in [6.45, 7) is 0. The van der Waals surface area contributed by atoms with Crippen LogP contribution in [-0.4, -0.2) is 21.9 Å². The molecule has 6 nitrogen and oxygen atoms in total. The molecular weight excluding hydrogens is 352 g/mol. The van der Waals surface area contributed by atoms with Gasteiger partial charge in [0.15, 0.2) is 0 Å². The minimum atomic E-state index is -4.70. The number of benzene rings is 3. The molecule has 0 aliphatic rings. The van der Waals surface area contributed by atoms with Crippen molar-refractivity contribution in [3.05, 3.63) is 66.7 Å². The molecule has 0 spiro atoms. The second-order valence-corrected chi connectivity index (χ2v) is 8.16. The molecule has 3 rings (SSSR count). The first-order valence-corrected chi connectivity index (χ1v) is 9.60. The van der Waals surface area contributed by atoms with Gasteiger partial charge in [0.05, 0.1) is 0 Å². The van der Waals surface area contributed by atoms with Crippen LogP contribution in [0, 0.1) is 0 Å². The van der Waals surface area contributed by atoms with Crippen LogP contribution in [0.2, 0.25) is 0 Å². The van der Waals surface area contributed by atoms with Crippen molar-refractivity contribution in [1.82, 2.24) is 0 Å². The zero-order valence-corrected chi connectivity index (χ0v) is 13.8. The van der Waals surface area contributed by atoms with Crippen molar-refractivity contribution in [2.45, 2.75) is 9.79 Å². The Morgan fingerprint density at radius 1 is 0.667 bits per heavy atom. The largest absolute Gasteiger partial charge is 0.506 e. The maximum absolute atomic E-state index is 12.5. The summed E-state index contributed by atoms with van der Waals surface area (Å²) in [7, 11) is -9.31. The molecule has 8 heteroatoms. The molecule has 0 unspecified atom stereocenters. The lowest BCUT2D eigenvalue weighted by atomic mass is 10.1. The molecule has 1 N–H and O–H groups in total. The second kappa shape index (κ2) is 5.90. The van der Waals surface area contributed by atoms with E-state index in [-0.39, 0.29) is 4.90 Å². The summed E-state index contributed by atoms with van der Waals surface area (Å²) in [6.07, 6.45) is 0. The molecule has 0 saturated carbocycles. The molecule has 0 saturated heterocycles. The predicted molar refractivity (Wildman–Crippen MR) is 87.5 cm³/mol. The summed E-state index contributed by atoms with van der Waals surface area (Å²) < 4.78 is 53.8. The van der Waals surface area contributed by atoms with E-state index in [1.807, 2.05) is 0 Å². The highest BCUT2D eigenvalue weighted by molar-refractivity contribution is 8.00. The van der Waals surface area contributed by atoms with E-state index in [1.54, 1.807) is 30.3 Å². The van der Waals surface area contributed by atoms with Gasteiger partial charge in [-0.2, -0.15) is 16.8 Å². The Balaban J connectivity index is 2.10. The van der Waals surface area contributed by atoms with Gasteiger partial charge in [-0.3, -0.25) is 0 Å². The van der Waals surface area contributed by atoms with E-state index < -0.39 is 30.9 Å². The Labute approximate surface area is 139 Å². The van der Waals surface area contributed by atoms with Crippen molar-refractivity contribution in [3.63, 3.8) is 0 Å². The maximum atomic E-state index is 12.5. The predicted octanol–water partition coefficient (Wildman–Crippen LogP) is 2.64. The first-order chi connectivity index (χ1) is 11.3. The number of phenols is 1. The number of aromatic hydroxyl groups is 1. The fourth-order valence-corrected chi connectivity index (χ4v) is 5.07. The van der Waals surface area contributed by atoms with Gasteiger partial charge in [-0.1, -0.05) is 48.5 Å². The third kappa shape index (κ3) is 2.99. The molecule has 0 radical (unpaired) electrons. The van der Waals surface area contributed by atoms with E-state index in [4.69, 9.17) is 0 Å². The monoisotopic (exact) mass is 364 g/mol. The van der Waals surface area contributed by atoms with Crippen molar-refractivity contribution < 1.29 is 25.6 Å². The molecule has 124 valence electrons. The van der Waals surface area contributed by atoms with Crippen LogP contribution in [0.15, 0.2) is 76.5 Å². The molecular formula is C16H12O6S2. The highest BCUT2D eigenvalue weighted by Gasteiger charge is 2.29. The Kier molecular flexibility index (Phi) is 4.04. The molecule has 0 aliphatic carbocycles. The quantitative estimate of drug-likeness (QED) is 0.764. The van der Waals surface area contributed by atoms with Gasteiger partial charge in [0.2, 0.25) is 0 Å². The van der Waals surface area contributed by atoms with Crippen LogP contribution in [0.1, 0.15) is 0 Å². The highest BCUT2D eigenvalue weighted by atomic mass is 32.3. The zero-order chi connectivity index (χ0) is 17.4. The molecule has 0 heterocycles. The fourth-order valence-electron chi connectivity index (χ4n) is 2.27. The Bertz CT molecular complexity index is 1110. The second-order valence-electron chi connectivity index (χ2n) is 4.92. The molecule has 3 aromatic rings. The molecule has 0 aromatic heterocycles. The van der Waals surface area contributed by atoms with Crippen LogP contribution in [0.5, 0.6) is 5.75 Å². The minimum absolute atomic E-state index is 0.264. The average Bonchev–Trinajstić information content (AvgIpc) is 2.53. The molecule has 0 atom stereocenters. The number of rotatable bonds is 4. The Morgan fingerprint density at radius 3 is 1.96 bits per heavy atom. The number of hydrogen-bond acceptors (Lipinski definition) is 6. The normalized spacial score (nSPS) is 12.3. The van der Waals surface area contributed by atoms with Crippen molar-refractivity contribution in [3.8, 4) is 5.75 Å². The molecule has 0 fully saturated rings. The van der Waals surface area contributed by atoms with Crippen LogP contribution < -0.4 is 0 Å². The van der Waals surface area contributed by atoms with Crippen LogP contribution in [0.4, 0.5) is 0 Å². The van der Waals surface area contributed by atoms with Crippen molar-refractivity contribution in [2.24, 2.45) is 0 Å².